The van der Waals surface area contributed by atoms with E-state index < -0.39 is 0 Å². The van der Waals surface area contributed by atoms with Crippen LogP contribution in [0.2, 0.25) is 0 Å². The molecule has 0 saturated carbocycles. The highest BCUT2D eigenvalue weighted by Gasteiger charge is 2.12. The molecule has 0 radical (unpaired) electrons. The summed E-state index contributed by atoms with van der Waals surface area (Å²) < 4.78 is 1.93. The highest BCUT2D eigenvalue weighted by Crippen LogP contribution is 2.16. The van der Waals surface area contributed by atoms with Crippen molar-refractivity contribution in [2.24, 2.45) is 7.05 Å². The minimum atomic E-state index is 0.311. The molecule has 0 saturated heterocycles. The number of pyridine rings is 1. The van der Waals surface area contributed by atoms with Crippen molar-refractivity contribution < 1.29 is 0 Å². The van der Waals surface area contributed by atoms with Crippen molar-refractivity contribution >= 4 is 0 Å². The van der Waals surface area contributed by atoms with Crippen molar-refractivity contribution in [2.45, 2.75) is 25.8 Å². The van der Waals surface area contributed by atoms with Crippen LogP contribution in [0.5, 0.6) is 0 Å². The molecule has 0 aliphatic carbocycles. The number of aromatic nitrogens is 3. The zero-order valence-electron chi connectivity index (χ0n) is 11.0. The van der Waals surface area contributed by atoms with Gasteiger partial charge in [0.25, 0.3) is 0 Å². The first-order valence-corrected chi connectivity index (χ1v) is 6.42. The molecule has 1 atom stereocenters. The maximum Gasteiger partial charge on any atom is 0.0573 e. The van der Waals surface area contributed by atoms with Gasteiger partial charge in [0.2, 0.25) is 0 Å². The average Bonchev–Trinajstić information content (AvgIpc) is 2.81. The van der Waals surface area contributed by atoms with E-state index in [9.17, 15) is 0 Å². The number of rotatable bonds is 6. The van der Waals surface area contributed by atoms with Crippen molar-refractivity contribution in [3.05, 3.63) is 48.0 Å². The quantitative estimate of drug-likeness (QED) is 0.846. The smallest absolute Gasteiger partial charge is 0.0573 e. The predicted octanol–water partition coefficient (Wildman–Crippen LogP) is 2.10. The van der Waals surface area contributed by atoms with Crippen molar-refractivity contribution in [1.82, 2.24) is 20.1 Å². The zero-order chi connectivity index (χ0) is 12.8. The molecule has 0 amide bonds. The lowest BCUT2D eigenvalue weighted by atomic mass is 10.1. The highest BCUT2D eigenvalue weighted by atomic mass is 15.2. The molecular formula is C14H20N4. The monoisotopic (exact) mass is 244 g/mol. The van der Waals surface area contributed by atoms with Crippen LogP contribution in [-0.2, 0) is 13.5 Å². The number of aryl methyl sites for hydroxylation is 2. The molecule has 1 unspecified atom stereocenters. The van der Waals surface area contributed by atoms with Gasteiger partial charge in [-0.25, -0.2) is 0 Å². The van der Waals surface area contributed by atoms with Gasteiger partial charge in [-0.15, -0.1) is 0 Å². The normalized spacial score (nSPS) is 12.6. The largest absolute Gasteiger partial charge is 0.309 e. The molecule has 0 aliphatic heterocycles. The van der Waals surface area contributed by atoms with Crippen LogP contribution in [0.1, 0.15) is 30.8 Å². The van der Waals surface area contributed by atoms with Gasteiger partial charge < -0.3 is 5.32 Å². The summed E-state index contributed by atoms with van der Waals surface area (Å²) in [5, 5.41) is 7.68. The molecule has 0 fully saturated rings. The van der Waals surface area contributed by atoms with E-state index in [1.807, 2.05) is 36.3 Å². The molecule has 96 valence electrons. The maximum atomic E-state index is 4.44. The van der Waals surface area contributed by atoms with E-state index in [0.29, 0.717) is 6.04 Å². The maximum absolute atomic E-state index is 4.44. The topological polar surface area (TPSA) is 42.7 Å². The summed E-state index contributed by atoms with van der Waals surface area (Å²) in [4.78, 5) is 4.44. The second-order valence-electron chi connectivity index (χ2n) is 4.35. The molecule has 4 heteroatoms. The number of nitrogens with zero attached hydrogens (tertiary/aromatic N) is 3. The van der Waals surface area contributed by atoms with E-state index >= 15 is 0 Å². The summed E-state index contributed by atoms with van der Waals surface area (Å²) in [5.74, 6) is 0. The van der Waals surface area contributed by atoms with Crippen LogP contribution >= 0.6 is 0 Å². The summed E-state index contributed by atoms with van der Waals surface area (Å²) >= 11 is 0. The summed E-state index contributed by atoms with van der Waals surface area (Å²) in [6.07, 6.45) is 5.73. The Morgan fingerprint density at radius 2 is 2.17 bits per heavy atom. The molecule has 18 heavy (non-hydrogen) atoms. The fraction of sp³-hybridized carbons (Fsp3) is 0.429. The Labute approximate surface area is 108 Å². The van der Waals surface area contributed by atoms with Crippen LogP contribution in [0.15, 0.2) is 36.7 Å². The molecule has 2 aromatic heterocycles. The van der Waals surface area contributed by atoms with Gasteiger partial charge >= 0.3 is 0 Å². The van der Waals surface area contributed by atoms with E-state index in [1.165, 1.54) is 5.69 Å². The van der Waals surface area contributed by atoms with Crippen LogP contribution in [0.25, 0.3) is 0 Å². The molecule has 2 rings (SSSR count). The van der Waals surface area contributed by atoms with Gasteiger partial charge in [-0.3, -0.25) is 9.67 Å². The number of nitrogens with one attached hydrogen (secondary N) is 1. The summed E-state index contributed by atoms with van der Waals surface area (Å²) in [6.45, 7) is 3.08. The molecule has 0 aromatic carbocycles. The SMILES string of the molecule is CCNC(CCc1ccnn1C)c1ccccn1. The van der Waals surface area contributed by atoms with Crippen LogP contribution in [-0.4, -0.2) is 21.3 Å². The van der Waals surface area contributed by atoms with Crippen molar-refractivity contribution in [1.29, 1.82) is 0 Å². The first kappa shape index (κ1) is 12.8. The Balaban J connectivity index is 2.01. The Morgan fingerprint density at radius 3 is 2.78 bits per heavy atom. The molecule has 0 spiro atoms. The molecule has 2 aromatic rings. The van der Waals surface area contributed by atoms with Crippen molar-refractivity contribution in [3.8, 4) is 0 Å². The van der Waals surface area contributed by atoms with Gasteiger partial charge in [0, 0.05) is 31.2 Å². The highest BCUT2D eigenvalue weighted by molar-refractivity contribution is 5.10. The van der Waals surface area contributed by atoms with Crippen molar-refractivity contribution in [2.75, 3.05) is 6.54 Å². The van der Waals surface area contributed by atoms with Crippen molar-refractivity contribution in [3.63, 3.8) is 0 Å². The third kappa shape index (κ3) is 3.17. The first-order chi connectivity index (χ1) is 8.81. The Hall–Kier alpha value is -1.68. The Bertz CT molecular complexity index is 464. The zero-order valence-corrected chi connectivity index (χ0v) is 11.0. The lowest BCUT2D eigenvalue weighted by Crippen LogP contribution is -2.22. The van der Waals surface area contributed by atoms with E-state index in [4.69, 9.17) is 0 Å². The summed E-state index contributed by atoms with van der Waals surface area (Å²) in [6, 6.07) is 8.45. The predicted molar refractivity (Wildman–Crippen MR) is 72.2 cm³/mol. The molecule has 0 aliphatic rings. The van der Waals surface area contributed by atoms with Gasteiger partial charge in [0.05, 0.1) is 5.69 Å². The molecular weight excluding hydrogens is 224 g/mol. The molecule has 4 nitrogen and oxygen atoms in total. The van der Waals surface area contributed by atoms with Crippen LogP contribution in [0.3, 0.4) is 0 Å². The molecule has 2 heterocycles. The molecule has 1 N–H and O–H groups in total. The first-order valence-electron chi connectivity index (χ1n) is 6.42. The number of hydrogen-bond donors (Lipinski definition) is 1. The Morgan fingerprint density at radius 1 is 1.28 bits per heavy atom. The van der Waals surface area contributed by atoms with Gasteiger partial charge in [-0.2, -0.15) is 5.10 Å². The second kappa shape index (κ2) is 6.31. The lowest BCUT2D eigenvalue weighted by molar-refractivity contribution is 0.495. The van der Waals surface area contributed by atoms with Crippen LogP contribution < -0.4 is 5.32 Å². The van der Waals surface area contributed by atoms with Crippen LogP contribution in [0.4, 0.5) is 0 Å². The lowest BCUT2D eigenvalue weighted by Gasteiger charge is -2.17. The fourth-order valence-electron chi connectivity index (χ4n) is 2.12. The second-order valence-corrected chi connectivity index (χ2v) is 4.35. The third-order valence-corrected chi connectivity index (χ3v) is 3.11. The number of hydrogen-bond acceptors (Lipinski definition) is 3. The van der Waals surface area contributed by atoms with E-state index in [-0.39, 0.29) is 0 Å². The van der Waals surface area contributed by atoms with Gasteiger partial charge in [-0.05, 0) is 37.6 Å². The molecule has 0 bridgehead atoms. The minimum Gasteiger partial charge on any atom is -0.309 e. The van der Waals surface area contributed by atoms with Gasteiger partial charge in [0.1, 0.15) is 0 Å². The average molecular weight is 244 g/mol. The van der Waals surface area contributed by atoms with Gasteiger partial charge in [0.15, 0.2) is 0 Å². The standard InChI is InChI=1S/C14H20N4/c1-3-15-14(13-6-4-5-10-16-13)8-7-12-9-11-17-18(12)2/h4-6,9-11,14-15H,3,7-8H2,1-2H3. The van der Waals surface area contributed by atoms with E-state index in [1.54, 1.807) is 0 Å². The minimum absolute atomic E-state index is 0.311. The summed E-state index contributed by atoms with van der Waals surface area (Å²) in [5.41, 5.74) is 2.37. The Kier molecular flexibility index (Phi) is 4.47. The summed E-state index contributed by atoms with van der Waals surface area (Å²) in [7, 11) is 1.98. The fourth-order valence-corrected chi connectivity index (χ4v) is 2.12. The van der Waals surface area contributed by atoms with E-state index in [2.05, 4.69) is 34.5 Å². The van der Waals surface area contributed by atoms with Crippen LogP contribution in [0, 0.1) is 0 Å². The third-order valence-electron chi connectivity index (χ3n) is 3.11. The van der Waals surface area contributed by atoms with E-state index in [0.717, 1.165) is 25.1 Å². The van der Waals surface area contributed by atoms with Gasteiger partial charge in [-0.1, -0.05) is 13.0 Å².